The van der Waals surface area contributed by atoms with E-state index in [4.69, 9.17) is 14.2 Å². The summed E-state index contributed by atoms with van der Waals surface area (Å²) in [5.41, 5.74) is 0.472. The zero-order valence-corrected chi connectivity index (χ0v) is 8.02. The number of ether oxygens (including phenoxy) is 1. The molecule has 1 aromatic heterocycles. The average Bonchev–Trinajstić information content (AvgIpc) is 2.50. The van der Waals surface area contributed by atoms with Gasteiger partial charge in [-0.05, 0) is 0 Å². The summed E-state index contributed by atoms with van der Waals surface area (Å²) in [5.74, 6) is 0.554. The lowest BCUT2D eigenvalue weighted by molar-refractivity contribution is 0.155. The zero-order chi connectivity index (χ0) is 9.68. The smallest absolute Gasteiger partial charge is 0.316 e. The SMILES string of the molecule is COCc1cc(CO[PH](=O)O)no1. The molecule has 1 rings (SSSR count). The van der Waals surface area contributed by atoms with Crippen LogP contribution in [0.3, 0.4) is 0 Å². The first-order chi connectivity index (χ1) is 6.22. The Hall–Kier alpha value is -0.680. The van der Waals surface area contributed by atoms with Crippen molar-refractivity contribution in [3.05, 3.63) is 17.5 Å². The van der Waals surface area contributed by atoms with E-state index in [0.717, 1.165) is 0 Å². The summed E-state index contributed by atoms with van der Waals surface area (Å²) in [4.78, 5) is 8.36. The van der Waals surface area contributed by atoms with Crippen molar-refractivity contribution in [3.63, 3.8) is 0 Å². The van der Waals surface area contributed by atoms with Crippen molar-refractivity contribution in [1.82, 2.24) is 5.16 Å². The molecule has 13 heavy (non-hydrogen) atoms. The van der Waals surface area contributed by atoms with Gasteiger partial charge in [0.15, 0.2) is 5.76 Å². The van der Waals surface area contributed by atoms with E-state index in [-0.39, 0.29) is 6.61 Å². The Balaban J connectivity index is 2.44. The maximum atomic E-state index is 10.2. The lowest BCUT2D eigenvalue weighted by Gasteiger charge is -1.92. The Kier molecular flexibility index (Phi) is 4.11. The van der Waals surface area contributed by atoms with E-state index >= 15 is 0 Å². The van der Waals surface area contributed by atoms with Crippen molar-refractivity contribution < 1.29 is 23.2 Å². The minimum absolute atomic E-state index is 0.0263. The molecule has 0 fully saturated rings. The molecular formula is C6H10NO5P. The topological polar surface area (TPSA) is 81.8 Å². The van der Waals surface area contributed by atoms with Gasteiger partial charge in [-0.2, -0.15) is 0 Å². The number of aromatic nitrogens is 1. The molecule has 6 nitrogen and oxygen atoms in total. The second kappa shape index (κ2) is 5.14. The number of hydrogen-bond donors (Lipinski definition) is 1. The van der Waals surface area contributed by atoms with Crippen LogP contribution in [0.15, 0.2) is 10.6 Å². The average molecular weight is 207 g/mol. The van der Waals surface area contributed by atoms with Gasteiger partial charge in [0.05, 0.1) is 0 Å². The van der Waals surface area contributed by atoms with Crippen LogP contribution in [-0.4, -0.2) is 17.2 Å². The number of rotatable bonds is 5. The summed E-state index contributed by atoms with van der Waals surface area (Å²) in [7, 11) is -1.37. The highest BCUT2D eigenvalue weighted by molar-refractivity contribution is 7.32. The lowest BCUT2D eigenvalue weighted by atomic mass is 10.4. The van der Waals surface area contributed by atoms with Crippen LogP contribution < -0.4 is 0 Å². The van der Waals surface area contributed by atoms with Crippen molar-refractivity contribution >= 4 is 8.25 Å². The third kappa shape index (κ3) is 3.69. The summed E-state index contributed by atoms with van der Waals surface area (Å²) in [5, 5.41) is 3.59. The van der Waals surface area contributed by atoms with E-state index in [2.05, 4.69) is 9.68 Å². The molecule has 0 saturated carbocycles. The Morgan fingerprint density at radius 1 is 1.69 bits per heavy atom. The molecule has 0 saturated heterocycles. The van der Waals surface area contributed by atoms with Crippen molar-refractivity contribution in [2.45, 2.75) is 13.2 Å². The predicted octanol–water partition coefficient (Wildman–Crippen LogP) is 0.720. The number of methoxy groups -OCH3 is 1. The minimum atomic E-state index is -2.90. The molecular weight excluding hydrogens is 197 g/mol. The van der Waals surface area contributed by atoms with Crippen molar-refractivity contribution in [1.29, 1.82) is 0 Å². The monoisotopic (exact) mass is 207 g/mol. The van der Waals surface area contributed by atoms with Crippen LogP contribution in [0.5, 0.6) is 0 Å². The summed E-state index contributed by atoms with van der Waals surface area (Å²) in [6.45, 7) is 0.294. The molecule has 1 unspecified atom stereocenters. The van der Waals surface area contributed by atoms with Crippen LogP contribution in [-0.2, 0) is 27.0 Å². The first kappa shape index (κ1) is 10.4. The maximum absolute atomic E-state index is 10.2. The normalized spacial score (nSPS) is 13.1. The molecule has 0 bridgehead atoms. The summed E-state index contributed by atoms with van der Waals surface area (Å²) >= 11 is 0. The third-order valence-electron chi connectivity index (χ3n) is 1.24. The molecule has 7 heteroatoms. The van der Waals surface area contributed by atoms with Gasteiger partial charge in [0.2, 0.25) is 0 Å². The third-order valence-corrected chi connectivity index (χ3v) is 1.63. The van der Waals surface area contributed by atoms with Gasteiger partial charge in [-0.25, -0.2) is 0 Å². The highest BCUT2D eigenvalue weighted by Crippen LogP contribution is 2.17. The molecule has 0 aliphatic heterocycles. The Morgan fingerprint density at radius 2 is 2.46 bits per heavy atom. The lowest BCUT2D eigenvalue weighted by Crippen LogP contribution is -1.85. The highest BCUT2D eigenvalue weighted by atomic mass is 31.1. The Bertz CT molecular complexity index is 286. The van der Waals surface area contributed by atoms with Crippen LogP contribution >= 0.6 is 8.25 Å². The first-order valence-corrected chi connectivity index (χ1v) is 4.78. The Morgan fingerprint density at radius 3 is 3.08 bits per heavy atom. The van der Waals surface area contributed by atoms with Gasteiger partial charge in [0.25, 0.3) is 0 Å². The van der Waals surface area contributed by atoms with Crippen molar-refractivity contribution in [2.24, 2.45) is 0 Å². The molecule has 0 aliphatic carbocycles. The van der Waals surface area contributed by atoms with Crippen LogP contribution in [0.1, 0.15) is 11.5 Å². The van der Waals surface area contributed by atoms with Gasteiger partial charge in [-0.15, -0.1) is 0 Å². The fraction of sp³-hybridized carbons (Fsp3) is 0.500. The van der Waals surface area contributed by atoms with E-state index in [1.54, 1.807) is 6.07 Å². The van der Waals surface area contributed by atoms with Gasteiger partial charge in [-0.3, -0.25) is 4.57 Å². The van der Waals surface area contributed by atoms with Crippen molar-refractivity contribution in [2.75, 3.05) is 7.11 Å². The van der Waals surface area contributed by atoms with Crippen LogP contribution in [0.25, 0.3) is 0 Å². The van der Waals surface area contributed by atoms with Gasteiger partial charge in [0, 0.05) is 13.2 Å². The number of hydrogen-bond acceptors (Lipinski definition) is 5. The molecule has 1 heterocycles. The maximum Gasteiger partial charge on any atom is 0.316 e. The number of nitrogens with zero attached hydrogens (tertiary/aromatic N) is 1. The fourth-order valence-electron chi connectivity index (χ4n) is 0.770. The molecule has 0 aromatic carbocycles. The van der Waals surface area contributed by atoms with Gasteiger partial charge < -0.3 is 18.7 Å². The predicted molar refractivity (Wildman–Crippen MR) is 43.2 cm³/mol. The standard InChI is InChI=1S/C6H10NO5P/c1-10-4-6-2-5(7-12-6)3-11-13(8)9/h2,13H,3-4H2,1H3,(H,8,9). The largest absolute Gasteiger partial charge is 0.377 e. The Labute approximate surface area is 75.4 Å². The second-order valence-electron chi connectivity index (χ2n) is 2.27. The molecule has 0 radical (unpaired) electrons. The summed E-state index contributed by atoms with van der Waals surface area (Å²) in [6.07, 6.45) is 0. The molecule has 1 atom stereocenters. The van der Waals surface area contributed by atoms with E-state index < -0.39 is 8.25 Å². The van der Waals surface area contributed by atoms with E-state index in [9.17, 15) is 4.57 Å². The molecule has 0 aliphatic rings. The fourth-order valence-corrected chi connectivity index (χ4v) is 1.04. The van der Waals surface area contributed by atoms with Gasteiger partial charge >= 0.3 is 8.25 Å². The molecule has 74 valence electrons. The van der Waals surface area contributed by atoms with E-state index in [1.807, 2.05) is 0 Å². The van der Waals surface area contributed by atoms with Gasteiger partial charge in [0.1, 0.15) is 18.9 Å². The van der Waals surface area contributed by atoms with E-state index in [0.29, 0.717) is 18.1 Å². The minimum Gasteiger partial charge on any atom is -0.377 e. The van der Waals surface area contributed by atoms with Crippen LogP contribution in [0, 0.1) is 0 Å². The first-order valence-electron chi connectivity index (χ1n) is 3.51. The highest BCUT2D eigenvalue weighted by Gasteiger charge is 2.04. The zero-order valence-electron chi connectivity index (χ0n) is 7.02. The van der Waals surface area contributed by atoms with E-state index in [1.165, 1.54) is 7.11 Å². The second-order valence-corrected chi connectivity index (χ2v) is 3.09. The van der Waals surface area contributed by atoms with Crippen molar-refractivity contribution in [3.8, 4) is 0 Å². The van der Waals surface area contributed by atoms with Gasteiger partial charge in [-0.1, -0.05) is 5.16 Å². The molecule has 0 amide bonds. The molecule has 1 N–H and O–H groups in total. The quantitative estimate of drug-likeness (QED) is 0.716. The molecule has 1 aromatic rings. The van der Waals surface area contributed by atoms with Crippen LogP contribution in [0.4, 0.5) is 0 Å². The van der Waals surface area contributed by atoms with Crippen LogP contribution in [0.2, 0.25) is 0 Å². The molecule has 0 spiro atoms. The summed E-state index contributed by atoms with van der Waals surface area (Å²) < 4.78 is 24.2. The summed E-state index contributed by atoms with van der Waals surface area (Å²) in [6, 6.07) is 1.61.